The molecule has 0 aromatic heterocycles. The highest BCUT2D eigenvalue weighted by Crippen LogP contribution is 2.17. The van der Waals surface area contributed by atoms with Crippen LogP contribution in [0.4, 0.5) is 0 Å². The normalized spacial score (nSPS) is 12.1. The molecule has 0 amide bonds. The second-order valence-corrected chi connectivity index (χ2v) is 5.38. The first-order valence-electron chi connectivity index (χ1n) is 7.33. The van der Waals surface area contributed by atoms with Gasteiger partial charge in [-0.2, -0.15) is 0 Å². The van der Waals surface area contributed by atoms with Gasteiger partial charge in [-0.3, -0.25) is 10.1 Å². The number of hydrogen-bond acceptors (Lipinski definition) is 3. The molecule has 2 N–H and O–H groups in total. The highest BCUT2D eigenvalue weighted by Gasteiger charge is 2.18. The number of rotatable bonds is 7. The van der Waals surface area contributed by atoms with Gasteiger partial charge >= 0.3 is 5.97 Å². The molecule has 116 valence electrons. The average Bonchev–Trinajstić information content (AvgIpc) is 2.48. The molecule has 2 aromatic carbocycles. The smallest absolute Gasteiger partial charge is 0.325 e. The van der Waals surface area contributed by atoms with Crippen LogP contribution in [-0.4, -0.2) is 17.2 Å². The Balaban J connectivity index is 2.05. The summed E-state index contributed by atoms with van der Waals surface area (Å²) in [6.07, 6.45) is 0.110. The summed E-state index contributed by atoms with van der Waals surface area (Å²) in [5, 5.41) is 12.5. The SMILES string of the molecule is CC(C)Oc1cccc(CN[C@@H](C(=O)O)c2ccccc2)c1. The van der Waals surface area contributed by atoms with Gasteiger partial charge in [0.25, 0.3) is 0 Å². The number of ether oxygens (including phenoxy) is 1. The Labute approximate surface area is 130 Å². The van der Waals surface area contributed by atoms with E-state index >= 15 is 0 Å². The molecule has 0 unspecified atom stereocenters. The summed E-state index contributed by atoms with van der Waals surface area (Å²) in [5.74, 6) is -0.0957. The van der Waals surface area contributed by atoms with Crippen molar-refractivity contribution >= 4 is 5.97 Å². The molecule has 0 fully saturated rings. The lowest BCUT2D eigenvalue weighted by Crippen LogP contribution is -2.28. The molecular formula is C18H21NO3. The van der Waals surface area contributed by atoms with E-state index in [1.807, 2.05) is 68.4 Å². The van der Waals surface area contributed by atoms with Gasteiger partial charge in [-0.05, 0) is 37.1 Å². The summed E-state index contributed by atoms with van der Waals surface area (Å²) in [5.41, 5.74) is 1.73. The number of benzene rings is 2. The fourth-order valence-corrected chi connectivity index (χ4v) is 2.21. The van der Waals surface area contributed by atoms with Crippen LogP contribution in [0, 0.1) is 0 Å². The number of carboxylic acids is 1. The molecule has 0 saturated heterocycles. The largest absolute Gasteiger partial charge is 0.491 e. The summed E-state index contributed by atoms with van der Waals surface area (Å²) >= 11 is 0. The lowest BCUT2D eigenvalue weighted by atomic mass is 10.1. The van der Waals surface area contributed by atoms with Crippen molar-refractivity contribution in [1.82, 2.24) is 5.32 Å². The zero-order chi connectivity index (χ0) is 15.9. The van der Waals surface area contributed by atoms with Gasteiger partial charge in [-0.1, -0.05) is 42.5 Å². The second-order valence-electron chi connectivity index (χ2n) is 5.38. The summed E-state index contributed by atoms with van der Waals surface area (Å²) < 4.78 is 5.65. The Hall–Kier alpha value is -2.33. The topological polar surface area (TPSA) is 58.6 Å². The van der Waals surface area contributed by atoms with E-state index in [0.29, 0.717) is 6.54 Å². The number of carboxylic acid groups (broad SMARTS) is 1. The van der Waals surface area contributed by atoms with Crippen molar-refractivity contribution in [3.8, 4) is 5.75 Å². The molecule has 0 aliphatic heterocycles. The first-order chi connectivity index (χ1) is 10.6. The Morgan fingerprint density at radius 1 is 1.14 bits per heavy atom. The van der Waals surface area contributed by atoms with E-state index < -0.39 is 12.0 Å². The second kappa shape index (κ2) is 7.61. The van der Waals surface area contributed by atoms with E-state index in [-0.39, 0.29) is 6.10 Å². The van der Waals surface area contributed by atoms with Crippen molar-refractivity contribution in [3.63, 3.8) is 0 Å². The molecule has 0 aliphatic carbocycles. The third-order valence-electron chi connectivity index (χ3n) is 3.16. The van der Waals surface area contributed by atoms with Crippen molar-refractivity contribution in [2.75, 3.05) is 0 Å². The third-order valence-corrected chi connectivity index (χ3v) is 3.16. The van der Waals surface area contributed by atoms with Crippen molar-refractivity contribution in [2.24, 2.45) is 0 Å². The van der Waals surface area contributed by atoms with Crippen molar-refractivity contribution in [3.05, 3.63) is 65.7 Å². The van der Waals surface area contributed by atoms with Gasteiger partial charge < -0.3 is 9.84 Å². The molecule has 0 aliphatic rings. The number of carbonyl (C=O) groups is 1. The van der Waals surface area contributed by atoms with Crippen LogP contribution in [0.3, 0.4) is 0 Å². The molecule has 1 atom stereocenters. The predicted octanol–water partition coefficient (Wildman–Crippen LogP) is 3.39. The van der Waals surface area contributed by atoms with Crippen LogP contribution in [0.2, 0.25) is 0 Å². The quantitative estimate of drug-likeness (QED) is 0.823. The number of nitrogens with one attached hydrogen (secondary N) is 1. The van der Waals surface area contributed by atoms with Crippen LogP contribution < -0.4 is 10.1 Å². The van der Waals surface area contributed by atoms with Gasteiger partial charge in [0, 0.05) is 6.54 Å². The lowest BCUT2D eigenvalue weighted by Gasteiger charge is -2.16. The minimum atomic E-state index is -0.888. The molecule has 4 nitrogen and oxygen atoms in total. The maximum atomic E-state index is 11.4. The average molecular weight is 299 g/mol. The highest BCUT2D eigenvalue weighted by molar-refractivity contribution is 5.75. The fraction of sp³-hybridized carbons (Fsp3) is 0.278. The van der Waals surface area contributed by atoms with Crippen LogP contribution in [-0.2, 0) is 11.3 Å². The molecule has 2 aromatic rings. The van der Waals surface area contributed by atoms with E-state index in [1.165, 1.54) is 0 Å². The minimum Gasteiger partial charge on any atom is -0.491 e. The minimum absolute atomic E-state index is 0.110. The maximum absolute atomic E-state index is 11.4. The maximum Gasteiger partial charge on any atom is 0.325 e. The van der Waals surface area contributed by atoms with E-state index in [9.17, 15) is 9.90 Å². The zero-order valence-electron chi connectivity index (χ0n) is 12.8. The van der Waals surface area contributed by atoms with Crippen LogP contribution in [0.25, 0.3) is 0 Å². The van der Waals surface area contributed by atoms with Gasteiger partial charge in [-0.25, -0.2) is 0 Å². The molecule has 0 heterocycles. The Morgan fingerprint density at radius 3 is 2.50 bits per heavy atom. The third kappa shape index (κ3) is 4.60. The molecule has 2 rings (SSSR count). The van der Waals surface area contributed by atoms with Crippen LogP contribution in [0.15, 0.2) is 54.6 Å². The number of aliphatic carboxylic acids is 1. The van der Waals surface area contributed by atoms with Gasteiger partial charge in [0.05, 0.1) is 6.10 Å². The fourth-order valence-electron chi connectivity index (χ4n) is 2.21. The molecule has 0 saturated carbocycles. The molecule has 0 bridgehead atoms. The predicted molar refractivity (Wildman–Crippen MR) is 85.9 cm³/mol. The molecule has 0 spiro atoms. The molecular weight excluding hydrogens is 278 g/mol. The van der Waals surface area contributed by atoms with Crippen LogP contribution in [0.1, 0.15) is 31.0 Å². The van der Waals surface area contributed by atoms with E-state index in [4.69, 9.17) is 4.74 Å². The Morgan fingerprint density at radius 2 is 1.86 bits per heavy atom. The highest BCUT2D eigenvalue weighted by atomic mass is 16.5. The lowest BCUT2D eigenvalue weighted by molar-refractivity contribution is -0.139. The van der Waals surface area contributed by atoms with E-state index in [1.54, 1.807) is 0 Å². The summed E-state index contributed by atoms with van der Waals surface area (Å²) in [7, 11) is 0. The summed E-state index contributed by atoms with van der Waals surface area (Å²) in [6.45, 7) is 4.41. The Kier molecular flexibility index (Phi) is 5.55. The standard InChI is InChI=1S/C18H21NO3/c1-13(2)22-16-10-6-7-14(11-16)12-19-17(18(20)21)15-8-4-3-5-9-15/h3-11,13,17,19H,12H2,1-2H3,(H,20,21)/t17-/m1/s1. The van der Waals surface area contributed by atoms with Gasteiger partial charge in [0.1, 0.15) is 11.8 Å². The monoisotopic (exact) mass is 299 g/mol. The van der Waals surface area contributed by atoms with Gasteiger partial charge in [0.15, 0.2) is 0 Å². The van der Waals surface area contributed by atoms with Gasteiger partial charge in [-0.15, -0.1) is 0 Å². The van der Waals surface area contributed by atoms with Gasteiger partial charge in [0.2, 0.25) is 0 Å². The molecule has 4 heteroatoms. The van der Waals surface area contributed by atoms with Crippen molar-refractivity contribution < 1.29 is 14.6 Å². The molecule has 22 heavy (non-hydrogen) atoms. The van der Waals surface area contributed by atoms with Crippen molar-refractivity contribution in [2.45, 2.75) is 32.5 Å². The van der Waals surface area contributed by atoms with E-state index in [0.717, 1.165) is 16.9 Å². The first kappa shape index (κ1) is 16.0. The van der Waals surface area contributed by atoms with Crippen LogP contribution >= 0.6 is 0 Å². The first-order valence-corrected chi connectivity index (χ1v) is 7.33. The summed E-state index contributed by atoms with van der Waals surface area (Å²) in [6, 6.07) is 16.1. The van der Waals surface area contributed by atoms with Crippen LogP contribution in [0.5, 0.6) is 5.75 Å². The van der Waals surface area contributed by atoms with Crippen molar-refractivity contribution in [1.29, 1.82) is 0 Å². The number of hydrogen-bond donors (Lipinski definition) is 2. The molecule has 0 radical (unpaired) electrons. The summed E-state index contributed by atoms with van der Waals surface area (Å²) in [4.78, 5) is 11.4. The van der Waals surface area contributed by atoms with E-state index in [2.05, 4.69) is 5.32 Å². The zero-order valence-corrected chi connectivity index (χ0v) is 12.8. The Bertz CT molecular complexity index is 611.